The summed E-state index contributed by atoms with van der Waals surface area (Å²) in [6.07, 6.45) is 0. The van der Waals surface area contributed by atoms with Crippen molar-refractivity contribution in [3.63, 3.8) is 0 Å². The van der Waals surface area contributed by atoms with Gasteiger partial charge in [0.1, 0.15) is 22.9 Å². The van der Waals surface area contributed by atoms with Crippen LogP contribution in [0.4, 0.5) is 11.4 Å². The van der Waals surface area contributed by atoms with Crippen LogP contribution in [0.15, 0.2) is 6.07 Å². The van der Waals surface area contributed by atoms with E-state index in [1.54, 1.807) is 6.07 Å². The van der Waals surface area contributed by atoms with Crippen molar-refractivity contribution >= 4 is 36.2 Å². The molecular weight excluding hydrogens is 295 g/mol. The van der Waals surface area contributed by atoms with Crippen LogP contribution in [-0.2, 0) is 0 Å². The second kappa shape index (κ2) is 9.66. The summed E-state index contributed by atoms with van der Waals surface area (Å²) in [5, 5.41) is 11.8. The summed E-state index contributed by atoms with van der Waals surface area (Å²) >= 11 is 0. The number of benzene rings is 1. The third-order valence-corrected chi connectivity index (χ3v) is 2.30. The number of methoxy groups -OCH3 is 3. The second-order valence-corrected chi connectivity index (χ2v) is 3.25. The minimum Gasteiger partial charge on any atom is -0.494 e. The molecule has 0 amide bonds. The molecule has 112 valence electrons. The highest BCUT2D eigenvalue weighted by molar-refractivity contribution is 5.85. The summed E-state index contributed by atoms with van der Waals surface area (Å²) in [6, 6.07) is 1.66. The van der Waals surface area contributed by atoms with Crippen LogP contribution in [0, 0.1) is 0 Å². The van der Waals surface area contributed by atoms with E-state index in [1.807, 2.05) is 0 Å². The maximum absolute atomic E-state index is 8.82. The van der Waals surface area contributed by atoms with Gasteiger partial charge in [-0.1, -0.05) is 0 Å². The number of aliphatic hydroxyl groups excluding tert-OH is 1. The Morgan fingerprint density at radius 2 is 1.68 bits per heavy atom. The van der Waals surface area contributed by atoms with Gasteiger partial charge in [-0.25, -0.2) is 0 Å². The monoisotopic (exact) mass is 314 g/mol. The normalized spacial score (nSPS) is 8.84. The van der Waals surface area contributed by atoms with Gasteiger partial charge in [-0.3, -0.25) is 0 Å². The molecule has 8 heteroatoms. The number of ether oxygens (including phenoxy) is 3. The van der Waals surface area contributed by atoms with E-state index >= 15 is 0 Å². The minimum absolute atomic E-state index is 0. The number of nitrogens with two attached hydrogens (primary N) is 1. The molecule has 0 aliphatic carbocycles. The van der Waals surface area contributed by atoms with E-state index in [9.17, 15) is 0 Å². The molecule has 0 radical (unpaired) electrons. The molecule has 0 spiro atoms. The number of halogens is 2. The molecule has 1 aromatic carbocycles. The summed E-state index contributed by atoms with van der Waals surface area (Å²) in [6.45, 7) is 0.372. The molecule has 0 fully saturated rings. The van der Waals surface area contributed by atoms with E-state index in [-0.39, 0.29) is 31.4 Å². The molecule has 0 saturated heterocycles. The molecule has 6 nitrogen and oxygen atoms in total. The molecule has 4 N–H and O–H groups in total. The average molecular weight is 315 g/mol. The lowest BCUT2D eigenvalue weighted by molar-refractivity contribution is 0.310. The Hall–Kier alpha value is -1.24. The van der Waals surface area contributed by atoms with Crippen molar-refractivity contribution in [3.8, 4) is 17.2 Å². The number of rotatable bonds is 6. The van der Waals surface area contributed by atoms with Gasteiger partial charge in [0.25, 0.3) is 0 Å². The van der Waals surface area contributed by atoms with Gasteiger partial charge in [0.05, 0.1) is 27.9 Å². The Morgan fingerprint density at radius 1 is 1.11 bits per heavy atom. The van der Waals surface area contributed by atoms with Crippen molar-refractivity contribution in [2.45, 2.75) is 0 Å². The first-order valence-corrected chi connectivity index (χ1v) is 5.12. The molecule has 0 saturated carbocycles. The first kappa shape index (κ1) is 20.1. The summed E-state index contributed by atoms with van der Waals surface area (Å²) in [5.74, 6) is 1.46. The third-order valence-electron chi connectivity index (χ3n) is 2.30. The highest BCUT2D eigenvalue weighted by Gasteiger charge is 2.17. The van der Waals surface area contributed by atoms with Crippen LogP contribution in [0.1, 0.15) is 0 Å². The number of nitrogens with one attached hydrogen (secondary N) is 1. The zero-order valence-corrected chi connectivity index (χ0v) is 12.7. The molecule has 0 heterocycles. The Kier molecular flexibility index (Phi) is 10.2. The molecule has 0 bridgehead atoms. The van der Waals surface area contributed by atoms with Gasteiger partial charge in [0.2, 0.25) is 0 Å². The molecule has 0 aliphatic rings. The smallest absolute Gasteiger partial charge is 0.172 e. The molecule has 19 heavy (non-hydrogen) atoms. The van der Waals surface area contributed by atoms with Crippen molar-refractivity contribution < 1.29 is 19.3 Å². The van der Waals surface area contributed by atoms with Gasteiger partial charge in [-0.2, -0.15) is 0 Å². The number of anilines is 2. The van der Waals surface area contributed by atoms with Gasteiger partial charge < -0.3 is 30.4 Å². The van der Waals surface area contributed by atoms with Gasteiger partial charge in [-0.15, -0.1) is 24.8 Å². The summed E-state index contributed by atoms with van der Waals surface area (Å²) in [7, 11) is 4.56. The van der Waals surface area contributed by atoms with Crippen LogP contribution in [0.5, 0.6) is 17.2 Å². The number of aliphatic hydroxyl groups is 1. The lowest BCUT2D eigenvalue weighted by Gasteiger charge is -2.18. The van der Waals surface area contributed by atoms with E-state index in [2.05, 4.69) is 5.32 Å². The van der Waals surface area contributed by atoms with Crippen molar-refractivity contribution in [2.24, 2.45) is 0 Å². The summed E-state index contributed by atoms with van der Waals surface area (Å²) in [5.41, 5.74) is 6.88. The number of hydrogen-bond acceptors (Lipinski definition) is 6. The van der Waals surface area contributed by atoms with Crippen molar-refractivity contribution in [3.05, 3.63) is 6.07 Å². The van der Waals surface area contributed by atoms with Crippen LogP contribution < -0.4 is 25.3 Å². The molecule has 1 rings (SSSR count). The lowest BCUT2D eigenvalue weighted by Crippen LogP contribution is -2.09. The van der Waals surface area contributed by atoms with Gasteiger partial charge in [0, 0.05) is 12.6 Å². The van der Waals surface area contributed by atoms with Gasteiger partial charge in [-0.05, 0) is 0 Å². The van der Waals surface area contributed by atoms with Crippen molar-refractivity contribution in [1.82, 2.24) is 0 Å². The maximum Gasteiger partial charge on any atom is 0.172 e. The molecule has 0 aromatic heterocycles. The van der Waals surface area contributed by atoms with Crippen LogP contribution in [0.25, 0.3) is 0 Å². The molecule has 0 aliphatic heterocycles. The largest absolute Gasteiger partial charge is 0.494 e. The van der Waals surface area contributed by atoms with E-state index < -0.39 is 0 Å². The van der Waals surface area contributed by atoms with Crippen LogP contribution >= 0.6 is 24.8 Å². The zero-order chi connectivity index (χ0) is 12.8. The Morgan fingerprint density at radius 3 is 2.11 bits per heavy atom. The standard InChI is InChI=1S/C11H18N2O4.2ClH/c1-15-7-6-8(16-2)10(13-4-5-14)11(17-3)9(7)12;;/h6,13-14H,4-5,12H2,1-3H3;2*1H. The van der Waals surface area contributed by atoms with E-state index in [0.29, 0.717) is 35.2 Å². The maximum atomic E-state index is 8.82. The lowest BCUT2D eigenvalue weighted by atomic mass is 10.2. The Bertz CT molecular complexity index is 391. The molecular formula is C11H20Cl2N2O4. The topological polar surface area (TPSA) is 86.0 Å². The first-order valence-electron chi connectivity index (χ1n) is 5.12. The predicted molar refractivity (Wildman–Crippen MR) is 80.6 cm³/mol. The van der Waals surface area contributed by atoms with Crippen LogP contribution in [0.2, 0.25) is 0 Å². The third kappa shape index (κ3) is 4.41. The second-order valence-electron chi connectivity index (χ2n) is 3.25. The fraction of sp³-hybridized carbons (Fsp3) is 0.455. The molecule has 1 aromatic rings. The highest BCUT2D eigenvalue weighted by atomic mass is 35.5. The fourth-order valence-corrected chi connectivity index (χ4v) is 1.52. The van der Waals surface area contributed by atoms with E-state index in [1.165, 1.54) is 21.3 Å². The summed E-state index contributed by atoms with van der Waals surface area (Å²) in [4.78, 5) is 0. The van der Waals surface area contributed by atoms with Crippen molar-refractivity contribution in [2.75, 3.05) is 45.5 Å². The molecule has 0 atom stereocenters. The SMILES string of the molecule is COc1cc(OC)c(NCCO)c(OC)c1N.Cl.Cl. The van der Waals surface area contributed by atoms with Gasteiger partial charge in [0.15, 0.2) is 5.75 Å². The molecule has 0 unspecified atom stereocenters. The minimum atomic E-state index is -0.00174. The quantitative estimate of drug-likeness (QED) is 0.691. The van der Waals surface area contributed by atoms with Crippen molar-refractivity contribution in [1.29, 1.82) is 0 Å². The van der Waals surface area contributed by atoms with E-state index in [4.69, 9.17) is 25.1 Å². The average Bonchev–Trinajstić information content (AvgIpc) is 2.36. The van der Waals surface area contributed by atoms with Crippen LogP contribution in [-0.4, -0.2) is 39.6 Å². The van der Waals surface area contributed by atoms with E-state index in [0.717, 1.165) is 0 Å². The number of nitrogen functional groups attached to an aromatic ring is 1. The first-order chi connectivity index (χ1) is 8.19. The predicted octanol–water partition coefficient (Wildman–Crippen LogP) is 1.54. The Balaban J connectivity index is 0. The van der Waals surface area contributed by atoms with Gasteiger partial charge >= 0.3 is 0 Å². The number of hydrogen-bond donors (Lipinski definition) is 3. The highest BCUT2D eigenvalue weighted by Crippen LogP contribution is 2.45. The van der Waals surface area contributed by atoms with Crippen LogP contribution in [0.3, 0.4) is 0 Å². The summed E-state index contributed by atoms with van der Waals surface area (Å²) < 4.78 is 15.6. The fourth-order valence-electron chi connectivity index (χ4n) is 1.52. The Labute approximate surface area is 125 Å². The zero-order valence-electron chi connectivity index (χ0n) is 11.1.